The first kappa shape index (κ1) is 17.4. The van der Waals surface area contributed by atoms with Gasteiger partial charge in [0.15, 0.2) is 5.84 Å². The lowest BCUT2D eigenvalue weighted by molar-refractivity contribution is -0.117. The molecule has 2 aromatic carbocycles. The summed E-state index contributed by atoms with van der Waals surface area (Å²) in [7, 11) is 0. The molecule has 4 fully saturated rings. The Hall–Kier alpha value is -2.43. The summed E-state index contributed by atoms with van der Waals surface area (Å²) in [5.74, 6) is 2.01. The molecule has 5 aliphatic rings. The van der Waals surface area contributed by atoms with E-state index in [9.17, 15) is 8.78 Å². The second-order valence-electron chi connectivity index (χ2n) is 9.42. The Labute approximate surface area is 169 Å². The first-order valence-corrected chi connectivity index (χ1v) is 10.6. The first-order valence-electron chi connectivity index (χ1n) is 10.6. The summed E-state index contributed by atoms with van der Waals surface area (Å²) in [6.07, 6.45) is 6.46. The van der Waals surface area contributed by atoms with E-state index in [2.05, 4.69) is 10.1 Å². The van der Waals surface area contributed by atoms with Gasteiger partial charge in [-0.05, 0) is 74.5 Å². The topological polar surface area (TPSA) is 24.8 Å². The quantitative estimate of drug-likeness (QED) is 0.674. The summed E-state index contributed by atoms with van der Waals surface area (Å²) in [4.78, 5) is 8.06. The molecule has 29 heavy (non-hydrogen) atoms. The summed E-state index contributed by atoms with van der Waals surface area (Å²) in [6.45, 7) is 0. The fraction of sp³-hybridized carbons (Fsp3) is 0.458. The highest BCUT2D eigenvalue weighted by molar-refractivity contribution is 5.99. The number of hydrogen-bond donors (Lipinski definition) is 0. The van der Waals surface area contributed by atoms with Crippen molar-refractivity contribution in [2.24, 2.45) is 22.9 Å². The molecule has 0 aromatic heterocycles. The molecule has 0 amide bonds. The van der Waals surface area contributed by atoms with Crippen LogP contribution >= 0.6 is 0 Å². The number of benzene rings is 2. The smallest absolute Gasteiger partial charge is 0.230 e. The number of hydrogen-bond acceptors (Lipinski definition) is 3. The van der Waals surface area contributed by atoms with Crippen LogP contribution < -0.4 is 0 Å². The zero-order chi connectivity index (χ0) is 19.6. The Morgan fingerprint density at radius 3 is 2.21 bits per heavy atom. The van der Waals surface area contributed by atoms with Crippen molar-refractivity contribution in [1.82, 2.24) is 4.90 Å². The average molecular weight is 394 g/mol. The lowest BCUT2D eigenvalue weighted by Gasteiger charge is -2.60. The van der Waals surface area contributed by atoms with E-state index in [4.69, 9.17) is 4.84 Å². The van der Waals surface area contributed by atoms with Crippen molar-refractivity contribution in [3.05, 3.63) is 71.3 Å². The van der Waals surface area contributed by atoms with Crippen LogP contribution in [0.25, 0.3) is 0 Å². The van der Waals surface area contributed by atoms with E-state index < -0.39 is 17.9 Å². The highest BCUT2D eigenvalue weighted by Crippen LogP contribution is 2.60. The van der Waals surface area contributed by atoms with Crippen LogP contribution in [-0.2, 0) is 4.84 Å². The number of rotatable bonds is 3. The molecule has 0 saturated heterocycles. The van der Waals surface area contributed by atoms with Crippen molar-refractivity contribution < 1.29 is 13.6 Å². The van der Waals surface area contributed by atoms with Crippen LogP contribution in [0.3, 0.4) is 0 Å². The molecular formula is C24H24F2N2O. The fourth-order valence-corrected chi connectivity index (χ4v) is 6.81. The van der Waals surface area contributed by atoms with E-state index >= 15 is 0 Å². The van der Waals surface area contributed by atoms with Crippen molar-refractivity contribution in [1.29, 1.82) is 0 Å². The molecule has 0 N–H and O–H groups in total. The van der Waals surface area contributed by atoms with Gasteiger partial charge in [0.2, 0.25) is 6.23 Å². The summed E-state index contributed by atoms with van der Waals surface area (Å²) < 4.78 is 28.8. The van der Waals surface area contributed by atoms with E-state index in [1.165, 1.54) is 31.4 Å². The fourth-order valence-electron chi connectivity index (χ4n) is 6.81. The van der Waals surface area contributed by atoms with Gasteiger partial charge in [-0.1, -0.05) is 35.5 Å². The molecule has 7 rings (SSSR count). The van der Waals surface area contributed by atoms with Crippen LogP contribution in [0.2, 0.25) is 0 Å². The van der Waals surface area contributed by atoms with Gasteiger partial charge < -0.3 is 9.74 Å². The highest BCUT2D eigenvalue weighted by atomic mass is 19.1. The molecule has 2 aromatic rings. The van der Waals surface area contributed by atoms with Crippen LogP contribution in [-0.4, -0.2) is 16.3 Å². The van der Waals surface area contributed by atoms with Crippen LogP contribution in [0.4, 0.5) is 8.78 Å². The maximum absolute atomic E-state index is 14.8. The predicted molar refractivity (Wildman–Crippen MR) is 106 cm³/mol. The van der Waals surface area contributed by atoms with Gasteiger partial charge >= 0.3 is 0 Å². The zero-order valence-corrected chi connectivity index (χ0v) is 16.2. The maximum atomic E-state index is 14.8. The Kier molecular flexibility index (Phi) is 3.78. The maximum Gasteiger partial charge on any atom is 0.230 e. The number of amidine groups is 1. The summed E-state index contributed by atoms with van der Waals surface area (Å²) >= 11 is 0. The van der Waals surface area contributed by atoms with E-state index in [0.29, 0.717) is 0 Å². The zero-order valence-electron chi connectivity index (χ0n) is 16.2. The van der Waals surface area contributed by atoms with Crippen molar-refractivity contribution in [2.45, 2.75) is 50.3 Å². The lowest BCUT2D eigenvalue weighted by atomic mass is 9.52. The molecule has 150 valence electrons. The molecule has 4 aliphatic carbocycles. The van der Waals surface area contributed by atoms with E-state index in [-0.39, 0.29) is 11.1 Å². The van der Waals surface area contributed by atoms with E-state index in [1.54, 1.807) is 0 Å². The van der Waals surface area contributed by atoms with Gasteiger partial charge in [0.1, 0.15) is 11.6 Å². The minimum Gasteiger partial charge on any atom is -0.363 e. The van der Waals surface area contributed by atoms with Crippen LogP contribution in [0.1, 0.15) is 55.9 Å². The Morgan fingerprint density at radius 1 is 0.897 bits per heavy atom. The molecule has 1 aliphatic heterocycles. The second-order valence-corrected chi connectivity index (χ2v) is 9.42. The third kappa shape index (κ3) is 2.70. The van der Waals surface area contributed by atoms with Crippen molar-refractivity contribution >= 4 is 5.84 Å². The monoisotopic (exact) mass is 394 g/mol. The van der Waals surface area contributed by atoms with E-state index in [0.717, 1.165) is 54.5 Å². The third-order valence-corrected chi connectivity index (χ3v) is 7.47. The minimum absolute atomic E-state index is 0.0939. The molecule has 5 heteroatoms. The highest BCUT2D eigenvalue weighted by Gasteiger charge is 2.57. The van der Waals surface area contributed by atoms with Gasteiger partial charge in [-0.15, -0.1) is 0 Å². The van der Waals surface area contributed by atoms with Gasteiger partial charge in [0.05, 0.1) is 5.56 Å². The van der Waals surface area contributed by atoms with Crippen molar-refractivity contribution in [3.63, 3.8) is 0 Å². The molecule has 4 bridgehead atoms. The molecule has 3 nitrogen and oxygen atoms in total. The van der Waals surface area contributed by atoms with Gasteiger partial charge in [-0.25, -0.2) is 8.78 Å². The molecule has 0 radical (unpaired) electrons. The van der Waals surface area contributed by atoms with Gasteiger partial charge in [-0.2, -0.15) is 0 Å². The Bertz CT molecular complexity index is 939. The van der Waals surface area contributed by atoms with Crippen LogP contribution in [0.5, 0.6) is 0 Å². The molecular weight excluding hydrogens is 370 g/mol. The first-order chi connectivity index (χ1) is 14.1. The van der Waals surface area contributed by atoms with Gasteiger partial charge in [0.25, 0.3) is 0 Å². The normalized spacial score (nSPS) is 35.0. The summed E-state index contributed by atoms with van der Waals surface area (Å²) in [5, 5.41) is 4.43. The Morgan fingerprint density at radius 2 is 1.55 bits per heavy atom. The molecule has 1 unspecified atom stereocenters. The summed E-state index contributed by atoms with van der Waals surface area (Å²) in [5.41, 5.74) is 1.10. The molecule has 0 spiro atoms. The van der Waals surface area contributed by atoms with Gasteiger partial charge in [-0.3, -0.25) is 0 Å². The minimum atomic E-state index is -0.725. The second kappa shape index (κ2) is 6.28. The van der Waals surface area contributed by atoms with Gasteiger partial charge in [0, 0.05) is 11.1 Å². The average Bonchev–Trinajstić information content (AvgIpc) is 3.15. The molecule has 1 atom stereocenters. The number of oxime groups is 1. The molecule has 4 saturated carbocycles. The van der Waals surface area contributed by atoms with Crippen molar-refractivity contribution in [3.8, 4) is 0 Å². The lowest BCUT2D eigenvalue weighted by Crippen LogP contribution is -2.61. The largest absolute Gasteiger partial charge is 0.363 e. The SMILES string of the molecule is Fc1ccc(F)c(C2ON=C(c3ccccc3)N2C23CC4CC(CC(C4)C2)C3)c1. The summed E-state index contributed by atoms with van der Waals surface area (Å²) in [6, 6.07) is 13.6. The predicted octanol–water partition coefficient (Wildman–Crippen LogP) is 5.63. The number of nitrogens with zero attached hydrogens (tertiary/aromatic N) is 2. The third-order valence-electron chi connectivity index (χ3n) is 7.47. The van der Waals surface area contributed by atoms with Crippen molar-refractivity contribution in [2.75, 3.05) is 0 Å². The number of halogens is 2. The Balaban J connectivity index is 1.47. The molecule has 1 heterocycles. The van der Waals surface area contributed by atoms with Crippen LogP contribution in [0.15, 0.2) is 53.7 Å². The van der Waals surface area contributed by atoms with Crippen LogP contribution in [0, 0.1) is 29.4 Å². The standard InChI is InChI=1S/C24H24F2N2O/c25-19-6-7-21(26)20(11-19)23-28(22(27-29-23)18-4-2-1-3-5-18)24-12-15-8-16(13-24)10-17(9-15)14-24/h1-7,11,15-17,23H,8-10,12-14H2. The van der Waals surface area contributed by atoms with E-state index in [1.807, 2.05) is 30.3 Å².